The average molecular weight is 395 g/mol. The highest BCUT2D eigenvalue weighted by atomic mass is 19.2. The molecule has 4 heteroatoms. The molecule has 2 rings (SSSR count). The fraction of sp³-hybridized carbons (Fsp3) is 0.667. The lowest BCUT2D eigenvalue weighted by Crippen LogP contribution is -2.26. The summed E-state index contributed by atoms with van der Waals surface area (Å²) in [7, 11) is 0. The molecule has 2 saturated carbocycles. The molecule has 0 unspecified atom stereocenters. The van der Waals surface area contributed by atoms with E-state index in [9.17, 15) is 8.78 Å². The molecule has 0 aromatic carbocycles. The van der Waals surface area contributed by atoms with E-state index in [4.69, 9.17) is 9.47 Å². The summed E-state index contributed by atoms with van der Waals surface area (Å²) in [6.07, 6.45) is 14.5. The Morgan fingerprint density at radius 2 is 1.36 bits per heavy atom. The number of hydrogen-bond acceptors (Lipinski definition) is 2. The van der Waals surface area contributed by atoms with E-state index in [1.54, 1.807) is 6.92 Å². The van der Waals surface area contributed by atoms with Crippen molar-refractivity contribution in [3.05, 3.63) is 48.5 Å². The minimum absolute atomic E-state index is 0.229. The molecule has 0 aliphatic heterocycles. The van der Waals surface area contributed by atoms with Crippen LogP contribution in [0.4, 0.5) is 8.78 Å². The maximum Gasteiger partial charge on any atom is 0.203 e. The average Bonchev–Trinajstić information content (AvgIpc) is 2.72. The summed E-state index contributed by atoms with van der Waals surface area (Å²) in [6.45, 7) is 11.3. The highest BCUT2D eigenvalue weighted by Gasteiger charge is 2.30. The Balaban J connectivity index is 1.72. The lowest BCUT2D eigenvalue weighted by Gasteiger charge is -2.37. The number of rotatable bonds is 9. The molecule has 28 heavy (non-hydrogen) atoms. The van der Waals surface area contributed by atoms with Gasteiger partial charge in [-0.15, -0.1) is 0 Å². The normalized spacial score (nSPS) is 29.3. The standard InChI is InChI=1S/C24H36F2O2/c1-5-7-19-8-12-21(13-9-19)22-14-10-20(11-15-22)16-28-18(4)24(26)23(25)17(3)27-6-2/h5,7,19-22H,3-4,6,8-16H2,1-2H3/b7-5+,24-23-. The van der Waals surface area contributed by atoms with E-state index in [-0.39, 0.29) is 18.1 Å². The van der Waals surface area contributed by atoms with Gasteiger partial charge in [-0.3, -0.25) is 0 Å². The van der Waals surface area contributed by atoms with Crippen molar-refractivity contribution in [2.45, 2.75) is 65.2 Å². The maximum atomic E-state index is 14.0. The van der Waals surface area contributed by atoms with Crippen molar-refractivity contribution in [2.75, 3.05) is 13.2 Å². The van der Waals surface area contributed by atoms with Gasteiger partial charge in [0.05, 0.1) is 13.2 Å². The monoisotopic (exact) mass is 394 g/mol. The topological polar surface area (TPSA) is 18.5 Å². The van der Waals surface area contributed by atoms with Crippen molar-refractivity contribution in [1.82, 2.24) is 0 Å². The number of allylic oxidation sites excluding steroid dienone is 4. The maximum absolute atomic E-state index is 14.0. The first-order chi connectivity index (χ1) is 13.5. The zero-order valence-electron chi connectivity index (χ0n) is 17.5. The van der Waals surface area contributed by atoms with Gasteiger partial charge >= 0.3 is 0 Å². The Kier molecular flexibility index (Phi) is 9.27. The van der Waals surface area contributed by atoms with Crippen LogP contribution in [-0.4, -0.2) is 13.2 Å². The van der Waals surface area contributed by atoms with E-state index in [2.05, 4.69) is 32.2 Å². The van der Waals surface area contributed by atoms with Crippen LogP contribution in [0.5, 0.6) is 0 Å². The second kappa shape index (κ2) is 11.4. The largest absolute Gasteiger partial charge is 0.491 e. The predicted octanol–water partition coefficient (Wildman–Crippen LogP) is 7.41. The molecule has 0 aromatic heterocycles. The van der Waals surface area contributed by atoms with Crippen LogP contribution in [0.2, 0.25) is 0 Å². The third kappa shape index (κ3) is 6.49. The van der Waals surface area contributed by atoms with Crippen LogP contribution in [0.25, 0.3) is 0 Å². The molecule has 0 bridgehead atoms. The second-order valence-corrected chi connectivity index (χ2v) is 8.20. The van der Waals surface area contributed by atoms with Gasteiger partial charge in [0.1, 0.15) is 0 Å². The van der Waals surface area contributed by atoms with Crippen molar-refractivity contribution in [3.8, 4) is 0 Å². The quantitative estimate of drug-likeness (QED) is 0.230. The fourth-order valence-corrected chi connectivity index (χ4v) is 4.67. The van der Waals surface area contributed by atoms with Gasteiger partial charge in [-0.1, -0.05) is 25.3 Å². The molecule has 0 amide bonds. The number of halogens is 2. The van der Waals surface area contributed by atoms with E-state index >= 15 is 0 Å². The molecule has 2 fully saturated rings. The van der Waals surface area contributed by atoms with Gasteiger partial charge in [0.2, 0.25) is 11.7 Å². The Morgan fingerprint density at radius 3 is 1.86 bits per heavy atom. The molecule has 0 aromatic rings. The van der Waals surface area contributed by atoms with E-state index < -0.39 is 11.7 Å². The van der Waals surface area contributed by atoms with Crippen LogP contribution in [-0.2, 0) is 9.47 Å². The molecule has 0 radical (unpaired) electrons. The molecule has 2 nitrogen and oxygen atoms in total. The molecule has 0 heterocycles. The van der Waals surface area contributed by atoms with Gasteiger partial charge in [0.15, 0.2) is 11.5 Å². The molecule has 0 N–H and O–H groups in total. The van der Waals surface area contributed by atoms with Crippen molar-refractivity contribution in [2.24, 2.45) is 23.7 Å². The van der Waals surface area contributed by atoms with Crippen molar-refractivity contribution in [1.29, 1.82) is 0 Å². The SMILES string of the molecule is C=C(OCC)/C(F)=C(/F)C(=C)OCC1CCC(C2CCC(/C=C/C)CC2)CC1. The third-order valence-electron chi connectivity index (χ3n) is 6.33. The van der Waals surface area contributed by atoms with Crippen LogP contribution >= 0.6 is 0 Å². The zero-order chi connectivity index (χ0) is 20.5. The molecule has 0 saturated heterocycles. The van der Waals surface area contributed by atoms with E-state index in [1.165, 1.54) is 38.5 Å². The summed E-state index contributed by atoms with van der Waals surface area (Å²) in [5, 5.41) is 0. The summed E-state index contributed by atoms with van der Waals surface area (Å²) < 4.78 is 38.2. The summed E-state index contributed by atoms with van der Waals surface area (Å²) in [4.78, 5) is 0. The van der Waals surface area contributed by atoms with E-state index in [0.717, 1.165) is 30.6 Å². The minimum Gasteiger partial charge on any atom is -0.491 e. The van der Waals surface area contributed by atoms with Gasteiger partial charge in [-0.05, 0) is 88.9 Å². The first-order valence-corrected chi connectivity index (χ1v) is 10.8. The van der Waals surface area contributed by atoms with Crippen LogP contribution in [0, 0.1) is 23.7 Å². The predicted molar refractivity (Wildman–Crippen MR) is 111 cm³/mol. The molecule has 2 aliphatic rings. The van der Waals surface area contributed by atoms with Crippen molar-refractivity contribution < 1.29 is 18.3 Å². The highest BCUT2D eigenvalue weighted by molar-refractivity contribution is 5.29. The van der Waals surface area contributed by atoms with Crippen molar-refractivity contribution in [3.63, 3.8) is 0 Å². The molecular formula is C24H36F2O2. The number of ether oxygens (including phenoxy) is 2. The molecule has 0 atom stereocenters. The summed E-state index contributed by atoms with van der Waals surface area (Å²) in [5.41, 5.74) is 0. The van der Waals surface area contributed by atoms with Crippen LogP contribution < -0.4 is 0 Å². The summed E-state index contributed by atoms with van der Waals surface area (Å²) in [5.74, 6) is -0.0178. The second-order valence-electron chi connectivity index (χ2n) is 8.20. The fourth-order valence-electron chi connectivity index (χ4n) is 4.67. The van der Waals surface area contributed by atoms with Crippen LogP contribution in [0.1, 0.15) is 65.2 Å². The van der Waals surface area contributed by atoms with Crippen molar-refractivity contribution >= 4 is 0 Å². The van der Waals surface area contributed by atoms with Gasteiger partial charge in [-0.25, -0.2) is 0 Å². The van der Waals surface area contributed by atoms with Gasteiger partial charge < -0.3 is 9.47 Å². The molecule has 0 spiro atoms. The van der Waals surface area contributed by atoms with Crippen LogP contribution in [0.15, 0.2) is 48.5 Å². The number of hydrogen-bond donors (Lipinski definition) is 0. The highest BCUT2D eigenvalue weighted by Crippen LogP contribution is 2.41. The molecular weight excluding hydrogens is 358 g/mol. The smallest absolute Gasteiger partial charge is 0.203 e. The Labute approximate surface area is 169 Å². The van der Waals surface area contributed by atoms with E-state index in [1.807, 2.05) is 0 Å². The Bertz CT molecular complexity index is 577. The van der Waals surface area contributed by atoms with Crippen LogP contribution in [0.3, 0.4) is 0 Å². The van der Waals surface area contributed by atoms with Gasteiger partial charge in [0.25, 0.3) is 0 Å². The molecule has 158 valence electrons. The summed E-state index contributed by atoms with van der Waals surface area (Å²) in [6, 6.07) is 0. The Morgan fingerprint density at radius 1 is 0.857 bits per heavy atom. The zero-order valence-corrected chi connectivity index (χ0v) is 17.5. The molecule has 2 aliphatic carbocycles. The lowest BCUT2D eigenvalue weighted by atomic mass is 9.69. The first kappa shape index (κ1) is 22.7. The van der Waals surface area contributed by atoms with E-state index in [0.29, 0.717) is 12.5 Å². The lowest BCUT2D eigenvalue weighted by molar-refractivity contribution is 0.101. The van der Waals surface area contributed by atoms with Gasteiger partial charge in [-0.2, -0.15) is 8.78 Å². The van der Waals surface area contributed by atoms with Gasteiger partial charge in [0, 0.05) is 0 Å². The minimum atomic E-state index is -1.14. The third-order valence-corrected chi connectivity index (χ3v) is 6.33. The first-order valence-electron chi connectivity index (χ1n) is 10.8. The summed E-state index contributed by atoms with van der Waals surface area (Å²) >= 11 is 0. The Hall–Kier alpha value is -1.58.